The zero-order valence-electron chi connectivity index (χ0n) is 17.9. The summed E-state index contributed by atoms with van der Waals surface area (Å²) in [5, 5.41) is 10.7. The molecule has 3 atom stereocenters. The number of nitrogens with one attached hydrogen (secondary N) is 1. The molecule has 0 bridgehead atoms. The predicted molar refractivity (Wildman–Crippen MR) is 115 cm³/mol. The van der Waals surface area contributed by atoms with Gasteiger partial charge in [0.2, 0.25) is 5.91 Å². The molecule has 2 heterocycles. The summed E-state index contributed by atoms with van der Waals surface area (Å²) < 4.78 is 5.09. The topological polar surface area (TPSA) is 85.9 Å². The lowest BCUT2D eigenvalue weighted by Crippen LogP contribution is -2.56. The molecule has 0 spiro atoms. The highest BCUT2D eigenvalue weighted by molar-refractivity contribution is 5.94. The van der Waals surface area contributed by atoms with Gasteiger partial charge in [0.05, 0.1) is 19.1 Å². The van der Waals surface area contributed by atoms with Crippen molar-refractivity contribution in [2.45, 2.75) is 38.8 Å². The number of carbonyl (C=O) groups is 2. The molecule has 1 aromatic heterocycles. The van der Waals surface area contributed by atoms with Gasteiger partial charge in [-0.2, -0.15) is 0 Å². The number of para-hydroxylation sites is 1. The summed E-state index contributed by atoms with van der Waals surface area (Å²) in [5.41, 5.74) is 2.59. The molecule has 0 radical (unpaired) electrons. The molecule has 1 aromatic carbocycles. The van der Waals surface area contributed by atoms with Gasteiger partial charge in [-0.3, -0.25) is 14.5 Å². The number of nitrogens with zero attached hydrogens (tertiary/aromatic N) is 2. The number of piperidine rings is 1. The van der Waals surface area contributed by atoms with E-state index < -0.39 is 12.0 Å². The van der Waals surface area contributed by atoms with Crippen molar-refractivity contribution in [3.63, 3.8) is 0 Å². The molecule has 162 valence electrons. The molecule has 30 heavy (non-hydrogen) atoms. The summed E-state index contributed by atoms with van der Waals surface area (Å²) in [6.45, 7) is 5.29. The van der Waals surface area contributed by atoms with Crippen molar-refractivity contribution >= 4 is 17.6 Å². The second-order valence-corrected chi connectivity index (χ2v) is 7.79. The second kappa shape index (κ2) is 9.91. The summed E-state index contributed by atoms with van der Waals surface area (Å²) in [4.78, 5) is 32.4. The number of amides is 1. The summed E-state index contributed by atoms with van der Waals surface area (Å²) >= 11 is 0. The number of likely N-dealkylation sites (tertiary alicyclic amines) is 1. The van der Waals surface area contributed by atoms with E-state index in [9.17, 15) is 14.7 Å². The third kappa shape index (κ3) is 4.74. The number of hydrogen-bond acceptors (Lipinski definition) is 5. The first-order valence-electron chi connectivity index (χ1n) is 10.5. The van der Waals surface area contributed by atoms with Crippen LogP contribution < -0.4 is 4.90 Å². The number of aromatic amines is 1. The van der Waals surface area contributed by atoms with Crippen molar-refractivity contribution in [2.75, 3.05) is 31.6 Å². The number of esters is 1. The van der Waals surface area contributed by atoms with Gasteiger partial charge in [-0.15, -0.1) is 0 Å². The Hall–Kier alpha value is -2.64. The molecule has 1 aliphatic rings. The number of carbonyl (C=O) groups excluding carboxylic acids is 2. The third-order valence-corrected chi connectivity index (χ3v) is 5.86. The van der Waals surface area contributed by atoms with Crippen molar-refractivity contribution in [1.82, 2.24) is 9.88 Å². The number of aliphatic hydroxyl groups excluding tert-OH is 1. The first-order valence-corrected chi connectivity index (χ1v) is 10.5. The molecule has 7 heteroatoms. The zero-order valence-corrected chi connectivity index (χ0v) is 17.9. The normalized spacial score (nSPS) is 20.5. The van der Waals surface area contributed by atoms with Crippen LogP contribution in [-0.4, -0.2) is 59.7 Å². The minimum absolute atomic E-state index is 0.0180. The minimum Gasteiger partial charge on any atom is -0.469 e. The van der Waals surface area contributed by atoms with Gasteiger partial charge in [0.1, 0.15) is 6.10 Å². The number of ether oxygens (including phenoxy) is 1. The number of aryl methyl sites for hydroxylation is 1. The van der Waals surface area contributed by atoms with Crippen LogP contribution in [0.2, 0.25) is 0 Å². The number of benzene rings is 1. The van der Waals surface area contributed by atoms with E-state index >= 15 is 0 Å². The van der Waals surface area contributed by atoms with Crippen molar-refractivity contribution in [3.8, 4) is 0 Å². The van der Waals surface area contributed by atoms with E-state index in [4.69, 9.17) is 4.74 Å². The van der Waals surface area contributed by atoms with Gasteiger partial charge in [-0.25, -0.2) is 0 Å². The lowest BCUT2D eigenvalue weighted by atomic mass is 9.89. The number of anilines is 1. The average molecular weight is 414 g/mol. The monoisotopic (exact) mass is 413 g/mol. The summed E-state index contributed by atoms with van der Waals surface area (Å²) in [5.74, 6) is -0.841. The smallest absolute Gasteiger partial charge is 0.312 e. The molecular formula is C23H31N3O4. The molecule has 0 saturated carbocycles. The SMILES string of the molecule is CCC(=O)N(c1ccccc1)C1CCN(CC(O)c2[nH]ccc2C)CC1C(=O)OC. The maximum absolute atomic E-state index is 12.8. The van der Waals surface area contributed by atoms with Gasteiger partial charge in [-0.1, -0.05) is 25.1 Å². The largest absolute Gasteiger partial charge is 0.469 e. The van der Waals surface area contributed by atoms with Gasteiger partial charge >= 0.3 is 5.97 Å². The lowest BCUT2D eigenvalue weighted by molar-refractivity contribution is -0.148. The van der Waals surface area contributed by atoms with E-state index in [-0.39, 0.29) is 17.9 Å². The van der Waals surface area contributed by atoms with Crippen LogP contribution in [0.15, 0.2) is 42.6 Å². The van der Waals surface area contributed by atoms with E-state index in [0.717, 1.165) is 16.9 Å². The van der Waals surface area contributed by atoms with E-state index in [2.05, 4.69) is 9.88 Å². The Labute approximate surface area is 177 Å². The highest BCUT2D eigenvalue weighted by Gasteiger charge is 2.41. The van der Waals surface area contributed by atoms with Crippen molar-refractivity contribution < 1.29 is 19.4 Å². The van der Waals surface area contributed by atoms with E-state index in [0.29, 0.717) is 32.5 Å². The molecule has 2 N–H and O–H groups in total. The van der Waals surface area contributed by atoms with Crippen LogP contribution in [0.3, 0.4) is 0 Å². The number of hydrogen-bond donors (Lipinski definition) is 2. The quantitative estimate of drug-likeness (QED) is 0.682. The Morgan fingerprint density at radius 2 is 2.03 bits per heavy atom. The van der Waals surface area contributed by atoms with Gasteiger partial charge < -0.3 is 19.7 Å². The first kappa shape index (κ1) is 22.1. The first-order chi connectivity index (χ1) is 14.5. The Morgan fingerprint density at radius 1 is 1.30 bits per heavy atom. The molecule has 3 rings (SSSR count). The number of rotatable bonds is 7. The van der Waals surface area contributed by atoms with E-state index in [1.165, 1.54) is 7.11 Å². The van der Waals surface area contributed by atoms with Crippen LogP contribution in [0.4, 0.5) is 5.69 Å². The Balaban J connectivity index is 1.81. The molecule has 3 unspecified atom stereocenters. The van der Waals surface area contributed by atoms with Crippen LogP contribution in [0.5, 0.6) is 0 Å². The standard InChI is InChI=1S/C23H31N3O4/c1-4-21(28)26(17-8-6-5-7-9-17)19-11-13-25(14-18(19)23(29)30-3)15-20(27)22-16(2)10-12-24-22/h5-10,12,18-20,24,27H,4,11,13-15H2,1-3H3. The fraction of sp³-hybridized carbons (Fsp3) is 0.478. The molecule has 1 amide bonds. The Kier molecular flexibility index (Phi) is 7.29. The average Bonchev–Trinajstić information content (AvgIpc) is 3.20. The highest BCUT2D eigenvalue weighted by atomic mass is 16.5. The molecule has 2 aromatic rings. The Morgan fingerprint density at radius 3 is 2.63 bits per heavy atom. The van der Waals surface area contributed by atoms with Crippen LogP contribution in [0.25, 0.3) is 0 Å². The van der Waals surface area contributed by atoms with E-state index in [1.807, 2.05) is 56.4 Å². The van der Waals surface area contributed by atoms with Crippen molar-refractivity contribution in [3.05, 3.63) is 53.9 Å². The second-order valence-electron chi connectivity index (χ2n) is 7.79. The van der Waals surface area contributed by atoms with Crippen LogP contribution >= 0.6 is 0 Å². The third-order valence-electron chi connectivity index (χ3n) is 5.86. The predicted octanol–water partition coefficient (Wildman–Crippen LogP) is 2.66. The maximum atomic E-state index is 12.8. The molecule has 1 aliphatic heterocycles. The number of H-pyrrole nitrogens is 1. The highest BCUT2D eigenvalue weighted by Crippen LogP contribution is 2.30. The van der Waals surface area contributed by atoms with Gasteiger partial charge in [0.25, 0.3) is 0 Å². The summed E-state index contributed by atoms with van der Waals surface area (Å²) in [6.07, 6.45) is 2.12. The fourth-order valence-electron chi connectivity index (χ4n) is 4.30. The van der Waals surface area contributed by atoms with Gasteiger partial charge in [-0.05, 0) is 37.1 Å². The summed E-state index contributed by atoms with van der Waals surface area (Å²) in [6, 6.07) is 11.1. The number of β-amino-alcohol motifs (C(OH)–C–C–N with tert-alkyl or cyclic N) is 1. The fourth-order valence-corrected chi connectivity index (χ4v) is 4.30. The van der Waals surface area contributed by atoms with Crippen molar-refractivity contribution in [2.24, 2.45) is 5.92 Å². The molecule has 0 aliphatic carbocycles. The minimum atomic E-state index is -0.669. The maximum Gasteiger partial charge on any atom is 0.312 e. The molecular weight excluding hydrogens is 382 g/mol. The van der Waals surface area contributed by atoms with Crippen LogP contribution in [0.1, 0.15) is 37.1 Å². The van der Waals surface area contributed by atoms with Crippen LogP contribution in [0, 0.1) is 12.8 Å². The van der Waals surface area contributed by atoms with Crippen LogP contribution in [-0.2, 0) is 14.3 Å². The number of aromatic nitrogens is 1. The molecule has 7 nitrogen and oxygen atoms in total. The summed E-state index contributed by atoms with van der Waals surface area (Å²) in [7, 11) is 1.38. The van der Waals surface area contributed by atoms with Crippen molar-refractivity contribution in [1.29, 1.82) is 0 Å². The molecule has 1 saturated heterocycles. The Bertz CT molecular complexity index is 851. The number of aliphatic hydroxyl groups is 1. The lowest BCUT2D eigenvalue weighted by Gasteiger charge is -2.43. The van der Waals surface area contributed by atoms with Gasteiger partial charge in [0.15, 0.2) is 0 Å². The molecule has 1 fully saturated rings. The van der Waals surface area contributed by atoms with Gasteiger partial charge in [0, 0.05) is 43.6 Å². The number of methoxy groups -OCH3 is 1. The zero-order chi connectivity index (χ0) is 21.7. The van der Waals surface area contributed by atoms with E-state index in [1.54, 1.807) is 4.90 Å².